The van der Waals surface area contributed by atoms with Crippen molar-refractivity contribution in [3.05, 3.63) is 60.2 Å². The molecule has 0 bridgehead atoms. The summed E-state index contributed by atoms with van der Waals surface area (Å²) in [5.74, 6) is -0.444. The number of methoxy groups -OCH3 is 1. The van der Waals surface area contributed by atoms with Crippen LogP contribution in [-0.4, -0.2) is 44.4 Å². The van der Waals surface area contributed by atoms with E-state index in [1.165, 1.54) is 7.11 Å². The molecule has 0 spiro atoms. The third-order valence-electron chi connectivity index (χ3n) is 7.33. The van der Waals surface area contributed by atoms with Crippen LogP contribution in [0, 0.1) is 5.92 Å². The maximum Gasteiger partial charge on any atom is 0.306 e. The van der Waals surface area contributed by atoms with Crippen LogP contribution in [0.2, 0.25) is 0 Å². The standard InChI is InChI=1S/C26H30N2O5S/c1-33-25(30)17-16-24(29)27(18-14-15-18)26-20-10-5-6-12-22(20)28(23-13-7-11-21(23)26)34(31,32)19-8-3-2-4-9-19/h2-6,8-10,12,18,21,23,26H,7,11,13-17H2,1H3. The Labute approximate surface area is 200 Å². The summed E-state index contributed by atoms with van der Waals surface area (Å²) in [6.45, 7) is 0. The van der Waals surface area contributed by atoms with Crippen molar-refractivity contribution in [1.29, 1.82) is 0 Å². The minimum absolute atomic E-state index is 0.0102. The van der Waals surface area contributed by atoms with Gasteiger partial charge in [0.05, 0.1) is 36.2 Å². The first-order valence-corrected chi connectivity index (χ1v) is 13.4. The van der Waals surface area contributed by atoms with Crippen molar-refractivity contribution in [2.45, 2.75) is 68.0 Å². The predicted octanol–water partition coefficient (Wildman–Crippen LogP) is 4.05. The van der Waals surface area contributed by atoms with Crippen molar-refractivity contribution in [2.24, 2.45) is 5.92 Å². The first kappa shape index (κ1) is 22.9. The molecule has 3 atom stereocenters. The molecule has 180 valence electrons. The van der Waals surface area contributed by atoms with Crippen LogP contribution in [0.25, 0.3) is 0 Å². The van der Waals surface area contributed by atoms with Gasteiger partial charge in [-0.3, -0.25) is 13.9 Å². The summed E-state index contributed by atoms with van der Waals surface area (Å²) >= 11 is 0. The molecule has 2 fully saturated rings. The number of anilines is 1. The van der Waals surface area contributed by atoms with Crippen LogP contribution in [0.3, 0.4) is 0 Å². The minimum Gasteiger partial charge on any atom is -0.469 e. The number of ether oxygens (including phenoxy) is 1. The quantitative estimate of drug-likeness (QED) is 0.556. The van der Waals surface area contributed by atoms with E-state index < -0.39 is 16.0 Å². The van der Waals surface area contributed by atoms with Gasteiger partial charge < -0.3 is 9.64 Å². The van der Waals surface area contributed by atoms with Crippen molar-refractivity contribution >= 4 is 27.6 Å². The third-order valence-corrected chi connectivity index (χ3v) is 9.18. The summed E-state index contributed by atoms with van der Waals surface area (Å²) in [4.78, 5) is 27.4. The van der Waals surface area contributed by atoms with E-state index in [9.17, 15) is 18.0 Å². The van der Waals surface area contributed by atoms with Gasteiger partial charge in [0.15, 0.2) is 0 Å². The molecule has 2 aliphatic carbocycles. The highest BCUT2D eigenvalue weighted by atomic mass is 32.2. The highest BCUT2D eigenvalue weighted by Crippen LogP contribution is 2.53. The molecule has 1 amide bonds. The van der Waals surface area contributed by atoms with E-state index in [0.29, 0.717) is 5.69 Å². The van der Waals surface area contributed by atoms with E-state index in [1.807, 2.05) is 35.2 Å². The minimum atomic E-state index is -3.76. The molecule has 2 aromatic carbocycles. The number of rotatable bonds is 7. The van der Waals surface area contributed by atoms with Crippen LogP contribution in [-0.2, 0) is 24.3 Å². The normalized spacial score (nSPS) is 23.7. The smallest absolute Gasteiger partial charge is 0.306 e. The predicted molar refractivity (Wildman–Crippen MR) is 128 cm³/mol. The van der Waals surface area contributed by atoms with Crippen LogP contribution in [0.15, 0.2) is 59.5 Å². The lowest BCUT2D eigenvalue weighted by Crippen LogP contribution is -2.52. The van der Waals surface area contributed by atoms with Crippen LogP contribution in [0.5, 0.6) is 0 Å². The van der Waals surface area contributed by atoms with Gasteiger partial charge in [0, 0.05) is 18.4 Å². The fraction of sp³-hybridized carbons (Fsp3) is 0.462. The maximum atomic E-state index is 13.9. The lowest BCUT2D eigenvalue weighted by atomic mass is 9.82. The van der Waals surface area contributed by atoms with Gasteiger partial charge in [-0.25, -0.2) is 8.42 Å². The maximum absolute atomic E-state index is 13.9. The number of hydrogen-bond acceptors (Lipinski definition) is 5. The number of fused-ring (bicyclic) bond motifs is 2. The number of carbonyl (C=O) groups excluding carboxylic acids is 2. The van der Waals surface area contributed by atoms with Crippen LogP contribution in [0.1, 0.15) is 56.6 Å². The van der Waals surface area contributed by atoms with Gasteiger partial charge >= 0.3 is 5.97 Å². The lowest BCUT2D eigenvalue weighted by Gasteiger charge is -2.48. The van der Waals surface area contributed by atoms with Gasteiger partial charge in [-0.1, -0.05) is 42.8 Å². The Morgan fingerprint density at radius 2 is 1.68 bits per heavy atom. The Bertz CT molecular complexity index is 1180. The summed E-state index contributed by atoms with van der Waals surface area (Å²) < 4.78 is 34.1. The zero-order valence-electron chi connectivity index (χ0n) is 19.3. The summed E-state index contributed by atoms with van der Waals surface area (Å²) in [7, 11) is -2.43. The van der Waals surface area contributed by atoms with Crippen LogP contribution in [0.4, 0.5) is 5.69 Å². The third kappa shape index (κ3) is 3.98. The Hall–Kier alpha value is -2.87. The average Bonchev–Trinajstić information content (AvgIpc) is 3.58. The number of hydrogen-bond donors (Lipinski definition) is 0. The largest absolute Gasteiger partial charge is 0.469 e. The molecule has 3 unspecified atom stereocenters. The molecule has 0 N–H and O–H groups in total. The van der Waals surface area contributed by atoms with Gasteiger partial charge in [-0.05, 0) is 49.4 Å². The first-order valence-electron chi connectivity index (χ1n) is 12.0. The van der Waals surface area contributed by atoms with Gasteiger partial charge in [0.1, 0.15) is 0 Å². The van der Waals surface area contributed by atoms with E-state index in [2.05, 4.69) is 0 Å². The molecular formula is C26H30N2O5S. The molecule has 0 radical (unpaired) electrons. The van der Waals surface area contributed by atoms with Gasteiger partial charge in [-0.15, -0.1) is 0 Å². The second-order valence-corrected chi connectivity index (χ2v) is 11.2. The number of nitrogens with zero attached hydrogens (tertiary/aromatic N) is 2. The molecule has 5 rings (SSSR count). The zero-order chi connectivity index (χ0) is 23.9. The van der Waals surface area contributed by atoms with Gasteiger partial charge in [0.25, 0.3) is 10.0 Å². The van der Waals surface area contributed by atoms with E-state index in [1.54, 1.807) is 28.6 Å². The number of esters is 1. The Kier molecular flexibility index (Phi) is 6.10. The number of carbonyl (C=O) groups is 2. The molecule has 2 aromatic rings. The molecule has 7 nitrogen and oxygen atoms in total. The topological polar surface area (TPSA) is 84.0 Å². The molecule has 1 aliphatic heterocycles. The highest BCUT2D eigenvalue weighted by molar-refractivity contribution is 7.92. The fourth-order valence-corrected chi connectivity index (χ4v) is 7.50. The molecule has 3 aliphatic rings. The van der Waals surface area contributed by atoms with Crippen molar-refractivity contribution in [2.75, 3.05) is 11.4 Å². The molecule has 34 heavy (non-hydrogen) atoms. The molecule has 8 heteroatoms. The molecule has 2 saturated carbocycles. The van der Waals surface area contributed by atoms with Crippen molar-refractivity contribution in [3.8, 4) is 0 Å². The SMILES string of the molecule is COC(=O)CCC(=O)N(C1CC1)C1c2ccccc2N(S(=O)(=O)c2ccccc2)C2CCCC12. The molecule has 0 saturated heterocycles. The van der Waals surface area contributed by atoms with Crippen LogP contribution < -0.4 is 4.31 Å². The van der Waals surface area contributed by atoms with E-state index in [4.69, 9.17) is 4.74 Å². The van der Waals surface area contributed by atoms with Gasteiger partial charge in [-0.2, -0.15) is 0 Å². The van der Waals surface area contributed by atoms with E-state index >= 15 is 0 Å². The van der Waals surface area contributed by atoms with E-state index in [-0.39, 0.29) is 47.7 Å². The molecular weight excluding hydrogens is 452 g/mol. The van der Waals surface area contributed by atoms with Crippen molar-refractivity contribution in [3.63, 3.8) is 0 Å². The second-order valence-electron chi connectivity index (χ2n) is 9.39. The summed E-state index contributed by atoms with van der Waals surface area (Å²) in [6.07, 6.45) is 4.56. The number of amides is 1. The summed E-state index contributed by atoms with van der Waals surface area (Å²) in [5.41, 5.74) is 1.54. The summed E-state index contributed by atoms with van der Waals surface area (Å²) in [6, 6.07) is 15.9. The highest BCUT2D eigenvalue weighted by Gasteiger charge is 2.52. The monoisotopic (exact) mass is 482 g/mol. The van der Waals surface area contributed by atoms with Crippen LogP contribution >= 0.6 is 0 Å². The first-order chi connectivity index (χ1) is 16.4. The Morgan fingerprint density at radius 1 is 0.971 bits per heavy atom. The number of para-hydroxylation sites is 1. The van der Waals surface area contributed by atoms with Gasteiger partial charge in [0.2, 0.25) is 5.91 Å². The fourth-order valence-electron chi connectivity index (χ4n) is 5.72. The number of sulfonamides is 1. The Balaban J connectivity index is 1.58. The second kappa shape index (κ2) is 9.06. The van der Waals surface area contributed by atoms with Crippen molar-refractivity contribution in [1.82, 2.24) is 4.90 Å². The zero-order valence-corrected chi connectivity index (χ0v) is 20.1. The average molecular weight is 483 g/mol. The number of benzene rings is 2. The molecule has 0 aromatic heterocycles. The molecule has 1 heterocycles. The summed E-state index contributed by atoms with van der Waals surface area (Å²) in [5, 5.41) is 0. The Morgan fingerprint density at radius 3 is 2.38 bits per heavy atom. The van der Waals surface area contributed by atoms with E-state index in [0.717, 1.165) is 37.7 Å². The van der Waals surface area contributed by atoms with Crippen molar-refractivity contribution < 1.29 is 22.7 Å². The lowest BCUT2D eigenvalue weighted by molar-refractivity contribution is -0.145.